The molecule has 3 rings (SSSR count). The summed E-state index contributed by atoms with van der Waals surface area (Å²) in [5.41, 5.74) is 1.26. The highest BCUT2D eigenvalue weighted by Crippen LogP contribution is 2.19. The number of nitrogens with one attached hydrogen (secondary N) is 1. The van der Waals surface area contributed by atoms with Crippen LogP contribution in [-0.2, 0) is 14.8 Å². The SMILES string of the molecule is CN(CC(=O)NCCCN1CCN(c2ccccc2)CC1)S(=O)(=O)c1cccs1. The molecule has 2 heterocycles. The van der Waals surface area contributed by atoms with Crippen molar-refractivity contribution in [3.63, 3.8) is 0 Å². The van der Waals surface area contributed by atoms with Crippen LogP contribution in [0, 0.1) is 0 Å². The van der Waals surface area contributed by atoms with E-state index in [9.17, 15) is 13.2 Å². The number of sulfonamides is 1. The van der Waals surface area contributed by atoms with Crippen LogP contribution in [-0.4, -0.2) is 76.4 Å². The molecule has 2 aromatic rings. The minimum Gasteiger partial charge on any atom is -0.369 e. The van der Waals surface area contributed by atoms with Gasteiger partial charge in [0.15, 0.2) is 0 Å². The van der Waals surface area contributed by atoms with Crippen LogP contribution in [0.15, 0.2) is 52.1 Å². The maximum atomic E-state index is 12.3. The third-order valence-corrected chi connectivity index (χ3v) is 8.17. The van der Waals surface area contributed by atoms with E-state index in [4.69, 9.17) is 0 Å². The van der Waals surface area contributed by atoms with E-state index in [1.807, 2.05) is 6.07 Å². The molecular weight excluding hydrogens is 408 g/mol. The summed E-state index contributed by atoms with van der Waals surface area (Å²) in [6.07, 6.45) is 0.846. The second-order valence-corrected chi connectivity index (χ2v) is 10.3. The van der Waals surface area contributed by atoms with E-state index in [-0.39, 0.29) is 16.7 Å². The van der Waals surface area contributed by atoms with Crippen LogP contribution >= 0.6 is 11.3 Å². The zero-order chi connectivity index (χ0) is 20.7. The Labute approximate surface area is 177 Å². The number of carbonyl (C=O) groups excluding carboxylic acids is 1. The molecular formula is C20H28N4O3S2. The Balaban J connectivity index is 1.32. The fourth-order valence-electron chi connectivity index (χ4n) is 3.31. The standard InChI is InChI=1S/C20H28N4O3S2/c1-22(29(26,27)20-9-5-16-28-20)17-19(25)21-10-6-11-23-12-14-24(15-13-23)18-7-3-2-4-8-18/h2-5,7-9,16H,6,10-15,17H2,1H3,(H,21,25). The lowest BCUT2D eigenvalue weighted by atomic mass is 10.2. The average Bonchev–Trinajstić information content (AvgIpc) is 3.28. The van der Waals surface area contributed by atoms with Gasteiger partial charge in [0.1, 0.15) is 4.21 Å². The maximum Gasteiger partial charge on any atom is 0.252 e. The number of benzene rings is 1. The first-order valence-corrected chi connectivity index (χ1v) is 12.1. The molecule has 0 atom stereocenters. The van der Waals surface area contributed by atoms with Crippen molar-refractivity contribution in [2.24, 2.45) is 0 Å². The fraction of sp³-hybridized carbons (Fsp3) is 0.450. The van der Waals surface area contributed by atoms with E-state index >= 15 is 0 Å². The van der Waals surface area contributed by atoms with Crippen molar-refractivity contribution < 1.29 is 13.2 Å². The second-order valence-electron chi connectivity index (χ2n) is 7.06. The molecule has 1 aromatic heterocycles. The normalized spacial score (nSPS) is 15.6. The van der Waals surface area contributed by atoms with Gasteiger partial charge in [-0.15, -0.1) is 11.3 Å². The summed E-state index contributed by atoms with van der Waals surface area (Å²) < 4.78 is 26.0. The van der Waals surface area contributed by atoms with Gasteiger partial charge in [-0.05, 0) is 36.5 Å². The first kappa shape index (κ1) is 21.8. The van der Waals surface area contributed by atoms with E-state index in [1.165, 1.54) is 12.7 Å². The molecule has 0 bridgehead atoms. The van der Waals surface area contributed by atoms with Gasteiger partial charge in [0.25, 0.3) is 10.0 Å². The van der Waals surface area contributed by atoms with E-state index < -0.39 is 10.0 Å². The highest BCUT2D eigenvalue weighted by Gasteiger charge is 2.23. The summed E-state index contributed by atoms with van der Waals surface area (Å²) in [7, 11) is -2.16. The number of piperazine rings is 1. The first-order valence-electron chi connectivity index (χ1n) is 9.76. The van der Waals surface area contributed by atoms with Crippen LogP contribution in [0.1, 0.15) is 6.42 Å². The van der Waals surface area contributed by atoms with Gasteiger partial charge in [-0.1, -0.05) is 24.3 Å². The molecule has 0 unspecified atom stereocenters. The third kappa shape index (κ3) is 6.02. The van der Waals surface area contributed by atoms with Gasteiger partial charge >= 0.3 is 0 Å². The Kier molecular flexibility index (Phi) is 7.65. The molecule has 1 aliphatic heterocycles. The number of anilines is 1. The predicted octanol–water partition coefficient (Wildman–Crippen LogP) is 1.70. The number of nitrogens with zero attached hydrogens (tertiary/aromatic N) is 3. The summed E-state index contributed by atoms with van der Waals surface area (Å²) >= 11 is 1.15. The van der Waals surface area contributed by atoms with Gasteiger partial charge < -0.3 is 10.2 Å². The monoisotopic (exact) mass is 436 g/mol. The number of hydrogen-bond donors (Lipinski definition) is 1. The Hall–Kier alpha value is -1.94. The van der Waals surface area contributed by atoms with Crippen LogP contribution in [0.3, 0.4) is 0 Å². The minimum absolute atomic E-state index is 0.171. The zero-order valence-electron chi connectivity index (χ0n) is 16.7. The van der Waals surface area contributed by atoms with Gasteiger partial charge in [0, 0.05) is 45.5 Å². The van der Waals surface area contributed by atoms with Gasteiger partial charge in [-0.3, -0.25) is 9.69 Å². The molecule has 1 fully saturated rings. The maximum absolute atomic E-state index is 12.3. The molecule has 0 aliphatic carbocycles. The molecule has 9 heteroatoms. The Bertz CT molecular complexity index is 864. The van der Waals surface area contributed by atoms with Gasteiger partial charge in [0.2, 0.25) is 5.91 Å². The number of likely N-dealkylation sites (N-methyl/N-ethyl adjacent to an activating group) is 1. The van der Waals surface area contributed by atoms with Crippen molar-refractivity contribution in [3.05, 3.63) is 47.8 Å². The van der Waals surface area contributed by atoms with Crippen molar-refractivity contribution in [1.29, 1.82) is 0 Å². The summed E-state index contributed by atoms with van der Waals surface area (Å²) in [6, 6.07) is 13.7. The molecule has 0 saturated carbocycles. The smallest absolute Gasteiger partial charge is 0.252 e. The molecule has 158 valence electrons. The van der Waals surface area contributed by atoms with Crippen LogP contribution in [0.4, 0.5) is 5.69 Å². The fourth-order valence-corrected chi connectivity index (χ4v) is 5.63. The molecule has 0 radical (unpaired) electrons. The number of hydrogen-bond acceptors (Lipinski definition) is 6. The van der Waals surface area contributed by atoms with Crippen molar-refractivity contribution in [2.75, 3.05) is 57.8 Å². The topological polar surface area (TPSA) is 73.0 Å². The molecule has 7 nitrogen and oxygen atoms in total. The zero-order valence-corrected chi connectivity index (χ0v) is 18.3. The molecule has 1 N–H and O–H groups in total. The number of amides is 1. The summed E-state index contributed by atoms with van der Waals surface area (Å²) in [5.74, 6) is -0.276. The van der Waals surface area contributed by atoms with E-state index in [0.29, 0.717) is 6.54 Å². The largest absolute Gasteiger partial charge is 0.369 e. The Morgan fingerprint density at radius 2 is 1.83 bits per heavy atom. The number of para-hydroxylation sites is 1. The quantitative estimate of drug-likeness (QED) is 0.606. The van der Waals surface area contributed by atoms with E-state index in [2.05, 4.69) is 39.4 Å². The first-order chi connectivity index (χ1) is 14.0. The van der Waals surface area contributed by atoms with Crippen molar-refractivity contribution in [2.45, 2.75) is 10.6 Å². The summed E-state index contributed by atoms with van der Waals surface area (Å²) in [4.78, 5) is 16.9. The number of carbonyl (C=O) groups is 1. The van der Waals surface area contributed by atoms with Gasteiger partial charge in [-0.25, -0.2) is 8.42 Å². The highest BCUT2D eigenvalue weighted by atomic mass is 32.2. The summed E-state index contributed by atoms with van der Waals surface area (Å²) in [5, 5.41) is 4.54. The van der Waals surface area contributed by atoms with E-state index in [1.54, 1.807) is 17.5 Å². The summed E-state index contributed by atoms with van der Waals surface area (Å²) in [6.45, 7) is 5.31. The van der Waals surface area contributed by atoms with Crippen molar-refractivity contribution in [1.82, 2.24) is 14.5 Å². The van der Waals surface area contributed by atoms with Gasteiger partial charge in [0.05, 0.1) is 6.54 Å². The third-order valence-electron chi connectivity index (χ3n) is 4.99. The molecule has 1 saturated heterocycles. The second kappa shape index (κ2) is 10.2. The predicted molar refractivity (Wildman–Crippen MR) is 117 cm³/mol. The molecule has 0 spiro atoms. The molecule has 1 aliphatic rings. The lowest BCUT2D eigenvalue weighted by Crippen LogP contribution is -2.47. The Morgan fingerprint density at radius 3 is 2.48 bits per heavy atom. The minimum atomic E-state index is -3.59. The van der Waals surface area contributed by atoms with Crippen molar-refractivity contribution in [3.8, 4) is 0 Å². The number of thiophene rings is 1. The van der Waals surface area contributed by atoms with Gasteiger partial charge in [-0.2, -0.15) is 4.31 Å². The van der Waals surface area contributed by atoms with Crippen LogP contribution in [0.2, 0.25) is 0 Å². The Morgan fingerprint density at radius 1 is 1.10 bits per heavy atom. The highest BCUT2D eigenvalue weighted by molar-refractivity contribution is 7.91. The molecule has 1 aromatic carbocycles. The molecule has 1 amide bonds. The van der Waals surface area contributed by atoms with E-state index in [0.717, 1.165) is 54.8 Å². The van der Waals surface area contributed by atoms with Crippen LogP contribution in [0.25, 0.3) is 0 Å². The average molecular weight is 437 g/mol. The van der Waals surface area contributed by atoms with Crippen molar-refractivity contribution >= 4 is 33.0 Å². The van der Waals surface area contributed by atoms with Crippen LogP contribution in [0.5, 0.6) is 0 Å². The molecule has 29 heavy (non-hydrogen) atoms. The van der Waals surface area contributed by atoms with Crippen LogP contribution < -0.4 is 10.2 Å². The number of rotatable bonds is 9. The lowest BCUT2D eigenvalue weighted by molar-refractivity contribution is -0.121. The lowest BCUT2D eigenvalue weighted by Gasteiger charge is -2.36.